The van der Waals surface area contributed by atoms with Gasteiger partial charge in [-0.15, -0.1) is 0 Å². The Hall–Kier alpha value is -1.10. The average Bonchev–Trinajstić information content (AvgIpc) is 2.50. The molecule has 0 aromatic heterocycles. The minimum atomic E-state index is -3.07. The predicted octanol–water partition coefficient (Wildman–Crippen LogP) is 2.55. The molecule has 0 radical (unpaired) electrons. The fourth-order valence-corrected chi connectivity index (χ4v) is 4.01. The van der Waals surface area contributed by atoms with E-state index in [9.17, 15) is 8.42 Å². The first-order valence-corrected chi connectivity index (χ1v) is 9.30. The first-order valence-electron chi connectivity index (χ1n) is 6.90. The van der Waals surface area contributed by atoms with E-state index in [0.717, 1.165) is 23.0 Å². The molecule has 1 fully saturated rings. The Morgan fingerprint density at radius 2 is 2.10 bits per heavy atom. The second-order valence-corrected chi connectivity index (χ2v) is 8.14. The van der Waals surface area contributed by atoms with E-state index >= 15 is 0 Å². The van der Waals surface area contributed by atoms with Crippen molar-refractivity contribution in [2.75, 3.05) is 24.2 Å². The van der Waals surface area contributed by atoms with Gasteiger partial charge in [0.2, 0.25) is 10.0 Å². The predicted molar refractivity (Wildman–Crippen MR) is 86.5 cm³/mol. The van der Waals surface area contributed by atoms with Gasteiger partial charge < -0.3 is 5.32 Å². The number of nitrogens with zero attached hydrogens (tertiary/aromatic N) is 2. The molecule has 7 heteroatoms. The average molecular weight is 372 g/mol. The van der Waals surface area contributed by atoms with Crippen LogP contribution in [0.2, 0.25) is 0 Å². The molecule has 0 amide bonds. The van der Waals surface area contributed by atoms with Crippen molar-refractivity contribution in [2.24, 2.45) is 0 Å². The summed E-state index contributed by atoms with van der Waals surface area (Å²) in [6, 6.07) is 7.76. The van der Waals surface area contributed by atoms with Crippen LogP contribution in [0.1, 0.15) is 25.3 Å². The summed E-state index contributed by atoms with van der Waals surface area (Å²) < 4.78 is 26.0. The first-order chi connectivity index (χ1) is 9.96. The summed E-state index contributed by atoms with van der Waals surface area (Å²) in [4.78, 5) is 0. The van der Waals surface area contributed by atoms with Gasteiger partial charge in [0.15, 0.2) is 0 Å². The largest absolute Gasteiger partial charge is 0.381 e. The molecule has 1 heterocycles. The summed E-state index contributed by atoms with van der Waals surface area (Å²) >= 11 is 3.45. The molecule has 1 N–H and O–H groups in total. The van der Waals surface area contributed by atoms with Crippen molar-refractivity contribution in [3.8, 4) is 6.07 Å². The van der Waals surface area contributed by atoms with Gasteiger partial charge in [0.1, 0.15) is 0 Å². The molecule has 21 heavy (non-hydrogen) atoms. The van der Waals surface area contributed by atoms with Crippen LogP contribution in [0, 0.1) is 11.3 Å². The second-order valence-electron chi connectivity index (χ2n) is 5.02. The molecule has 0 aliphatic carbocycles. The zero-order valence-electron chi connectivity index (χ0n) is 11.8. The van der Waals surface area contributed by atoms with E-state index in [0.29, 0.717) is 18.7 Å². The van der Waals surface area contributed by atoms with Gasteiger partial charge in [0, 0.05) is 29.3 Å². The lowest BCUT2D eigenvalue weighted by Gasteiger charge is -2.32. The van der Waals surface area contributed by atoms with Crippen molar-refractivity contribution in [2.45, 2.75) is 25.8 Å². The van der Waals surface area contributed by atoms with Crippen LogP contribution < -0.4 is 5.32 Å². The molecular weight excluding hydrogens is 354 g/mol. The summed E-state index contributed by atoms with van der Waals surface area (Å²) in [5, 5.41) is 12.3. The lowest BCUT2D eigenvalue weighted by Crippen LogP contribution is -2.42. The lowest BCUT2D eigenvalue weighted by molar-refractivity contribution is 0.330. The zero-order chi connectivity index (χ0) is 15.5. The summed E-state index contributed by atoms with van der Waals surface area (Å²) in [6.45, 7) is 2.79. The van der Waals surface area contributed by atoms with Crippen LogP contribution in [0.15, 0.2) is 22.7 Å². The fourth-order valence-electron chi connectivity index (χ4n) is 2.38. The van der Waals surface area contributed by atoms with Gasteiger partial charge in [0.25, 0.3) is 0 Å². The molecule has 1 aliphatic rings. The number of hydrogen-bond donors (Lipinski definition) is 1. The molecule has 0 atom stereocenters. The molecule has 0 spiro atoms. The number of nitriles is 1. The summed E-state index contributed by atoms with van der Waals surface area (Å²) in [6.07, 6.45) is 1.57. The Kier molecular flexibility index (Phi) is 5.25. The normalized spacial score (nSPS) is 17.4. The molecule has 114 valence electrons. The topological polar surface area (TPSA) is 73.2 Å². The summed E-state index contributed by atoms with van der Waals surface area (Å²) in [5.74, 6) is 0.159. The van der Waals surface area contributed by atoms with Crippen molar-refractivity contribution in [1.82, 2.24) is 4.31 Å². The van der Waals surface area contributed by atoms with Crippen LogP contribution in [0.5, 0.6) is 0 Å². The van der Waals surface area contributed by atoms with Crippen molar-refractivity contribution < 1.29 is 8.42 Å². The molecular formula is C14H18BrN3O2S. The van der Waals surface area contributed by atoms with Crippen molar-refractivity contribution in [3.63, 3.8) is 0 Å². The van der Waals surface area contributed by atoms with Crippen LogP contribution in [0.25, 0.3) is 0 Å². The van der Waals surface area contributed by atoms with E-state index in [1.807, 2.05) is 6.07 Å². The van der Waals surface area contributed by atoms with E-state index in [1.54, 1.807) is 23.4 Å². The third-order valence-electron chi connectivity index (χ3n) is 3.67. The van der Waals surface area contributed by atoms with Gasteiger partial charge in [-0.2, -0.15) is 5.26 Å². The van der Waals surface area contributed by atoms with Gasteiger partial charge in [-0.1, -0.05) is 0 Å². The molecule has 0 unspecified atom stereocenters. The molecule has 0 bridgehead atoms. The number of nitrogens with one attached hydrogen (secondary N) is 1. The number of piperidine rings is 1. The number of sulfonamides is 1. The van der Waals surface area contributed by atoms with Crippen LogP contribution in [-0.2, 0) is 10.0 Å². The van der Waals surface area contributed by atoms with E-state index < -0.39 is 10.0 Å². The highest BCUT2D eigenvalue weighted by Gasteiger charge is 2.26. The molecule has 1 aliphatic heterocycles. The standard InChI is InChI=1S/C14H18BrN3O2S/c1-2-21(19,20)18-7-5-12(6-8-18)17-14-4-3-11(10-16)9-13(14)15/h3-4,9,12,17H,2,5-8H2,1H3. The Labute approximate surface area is 134 Å². The number of rotatable bonds is 4. The summed E-state index contributed by atoms with van der Waals surface area (Å²) in [5.41, 5.74) is 1.54. The van der Waals surface area contributed by atoms with Crippen molar-refractivity contribution in [3.05, 3.63) is 28.2 Å². The molecule has 1 aromatic carbocycles. The Morgan fingerprint density at radius 1 is 1.43 bits per heavy atom. The third-order valence-corrected chi connectivity index (χ3v) is 6.21. The SMILES string of the molecule is CCS(=O)(=O)N1CCC(Nc2ccc(C#N)cc2Br)CC1. The molecule has 1 saturated heterocycles. The molecule has 2 rings (SSSR count). The lowest BCUT2D eigenvalue weighted by atomic mass is 10.1. The van der Waals surface area contributed by atoms with Crippen molar-refractivity contribution in [1.29, 1.82) is 5.26 Å². The zero-order valence-corrected chi connectivity index (χ0v) is 14.2. The molecule has 0 saturated carbocycles. The Balaban J connectivity index is 1.97. The van der Waals surface area contributed by atoms with E-state index in [-0.39, 0.29) is 11.8 Å². The minimum Gasteiger partial charge on any atom is -0.381 e. The monoisotopic (exact) mass is 371 g/mol. The second kappa shape index (κ2) is 6.77. The van der Waals surface area contributed by atoms with Gasteiger partial charge in [-0.05, 0) is 53.9 Å². The van der Waals surface area contributed by atoms with Gasteiger partial charge in [0.05, 0.1) is 17.4 Å². The van der Waals surface area contributed by atoms with Gasteiger partial charge >= 0.3 is 0 Å². The van der Waals surface area contributed by atoms with E-state index in [2.05, 4.69) is 27.3 Å². The highest BCUT2D eigenvalue weighted by Crippen LogP contribution is 2.26. The van der Waals surface area contributed by atoms with Crippen LogP contribution in [-0.4, -0.2) is 37.6 Å². The fraction of sp³-hybridized carbons (Fsp3) is 0.500. The first kappa shape index (κ1) is 16.3. The number of hydrogen-bond acceptors (Lipinski definition) is 4. The van der Waals surface area contributed by atoms with Crippen molar-refractivity contribution >= 4 is 31.6 Å². The van der Waals surface area contributed by atoms with Crippen LogP contribution in [0.4, 0.5) is 5.69 Å². The number of anilines is 1. The highest BCUT2D eigenvalue weighted by atomic mass is 79.9. The highest BCUT2D eigenvalue weighted by molar-refractivity contribution is 9.10. The summed E-state index contributed by atoms with van der Waals surface area (Å²) in [7, 11) is -3.07. The van der Waals surface area contributed by atoms with Gasteiger partial charge in [-0.25, -0.2) is 12.7 Å². The maximum atomic E-state index is 11.8. The maximum Gasteiger partial charge on any atom is 0.213 e. The van der Waals surface area contributed by atoms with Crippen LogP contribution >= 0.6 is 15.9 Å². The maximum absolute atomic E-state index is 11.8. The van der Waals surface area contributed by atoms with Gasteiger partial charge in [-0.3, -0.25) is 0 Å². The van der Waals surface area contributed by atoms with E-state index in [4.69, 9.17) is 5.26 Å². The molecule has 1 aromatic rings. The van der Waals surface area contributed by atoms with Crippen LogP contribution in [0.3, 0.4) is 0 Å². The number of benzene rings is 1. The minimum absolute atomic E-state index is 0.159. The third kappa shape index (κ3) is 3.96. The Bertz CT molecular complexity index is 647. The quantitative estimate of drug-likeness (QED) is 0.882. The number of halogens is 1. The van der Waals surface area contributed by atoms with E-state index in [1.165, 1.54) is 0 Å². The molecule has 5 nitrogen and oxygen atoms in total. The Morgan fingerprint density at radius 3 is 2.62 bits per heavy atom. The smallest absolute Gasteiger partial charge is 0.213 e.